The molecule has 1 aromatic rings. The first-order valence-corrected chi connectivity index (χ1v) is 7.45. The number of benzene rings is 1. The predicted octanol–water partition coefficient (Wildman–Crippen LogP) is 3.21. The van der Waals surface area contributed by atoms with E-state index in [1.807, 2.05) is 72.7 Å². The highest BCUT2D eigenvalue weighted by Gasteiger charge is 2.52. The maximum atomic E-state index is 12.7. The van der Waals surface area contributed by atoms with Gasteiger partial charge in [0, 0.05) is 11.0 Å². The third-order valence-corrected chi connectivity index (χ3v) is 4.39. The van der Waals surface area contributed by atoms with E-state index in [0.717, 1.165) is 5.46 Å². The van der Waals surface area contributed by atoms with E-state index in [-0.39, 0.29) is 5.78 Å². The molecule has 0 unspecified atom stereocenters. The normalized spacial score (nSPS) is 20.6. The lowest BCUT2D eigenvalue weighted by molar-refractivity contribution is 0.00578. The van der Waals surface area contributed by atoms with Crippen LogP contribution in [0.5, 0.6) is 0 Å². The molecule has 1 saturated heterocycles. The molecule has 0 atom stereocenters. The third kappa shape index (κ3) is 2.92. The van der Waals surface area contributed by atoms with E-state index < -0.39 is 23.7 Å². The van der Waals surface area contributed by atoms with Crippen LogP contribution in [0.3, 0.4) is 0 Å². The van der Waals surface area contributed by atoms with Gasteiger partial charge in [-0.1, -0.05) is 45.0 Å². The molecule has 0 radical (unpaired) electrons. The number of ketones is 1. The molecule has 0 N–H and O–H groups in total. The fraction of sp³-hybridized carbons (Fsp3) is 0.588. The van der Waals surface area contributed by atoms with Crippen LogP contribution in [0, 0.1) is 5.41 Å². The maximum Gasteiger partial charge on any atom is 0.495 e. The Morgan fingerprint density at radius 2 is 1.48 bits per heavy atom. The van der Waals surface area contributed by atoms with Gasteiger partial charge in [-0.3, -0.25) is 4.79 Å². The van der Waals surface area contributed by atoms with E-state index in [4.69, 9.17) is 9.31 Å². The lowest BCUT2D eigenvalue weighted by atomic mass is 9.72. The van der Waals surface area contributed by atoms with Crippen LogP contribution in [0.25, 0.3) is 0 Å². The van der Waals surface area contributed by atoms with E-state index in [0.29, 0.717) is 5.56 Å². The van der Waals surface area contributed by atoms with Crippen LogP contribution in [0.2, 0.25) is 0 Å². The van der Waals surface area contributed by atoms with Gasteiger partial charge in [-0.2, -0.15) is 0 Å². The van der Waals surface area contributed by atoms with Crippen LogP contribution in [0.4, 0.5) is 0 Å². The maximum absolute atomic E-state index is 12.7. The third-order valence-electron chi connectivity index (χ3n) is 4.39. The minimum Gasteiger partial charge on any atom is -0.399 e. The van der Waals surface area contributed by atoms with Gasteiger partial charge in [-0.05, 0) is 33.2 Å². The van der Waals surface area contributed by atoms with Gasteiger partial charge >= 0.3 is 7.12 Å². The number of rotatable bonds is 2. The fourth-order valence-electron chi connectivity index (χ4n) is 2.28. The number of carbonyl (C=O) groups is 1. The van der Waals surface area contributed by atoms with Crippen molar-refractivity contribution in [3.05, 3.63) is 29.8 Å². The summed E-state index contributed by atoms with van der Waals surface area (Å²) in [5, 5.41) is 0. The predicted molar refractivity (Wildman–Crippen MR) is 85.9 cm³/mol. The highest BCUT2D eigenvalue weighted by Crippen LogP contribution is 2.37. The molecule has 0 amide bonds. The minimum absolute atomic E-state index is 0.104. The van der Waals surface area contributed by atoms with Crippen LogP contribution in [0.1, 0.15) is 58.8 Å². The minimum atomic E-state index is -0.502. The summed E-state index contributed by atoms with van der Waals surface area (Å²) in [6, 6.07) is 7.57. The topological polar surface area (TPSA) is 35.5 Å². The van der Waals surface area contributed by atoms with Crippen molar-refractivity contribution in [3.63, 3.8) is 0 Å². The van der Waals surface area contributed by atoms with Gasteiger partial charge in [0.15, 0.2) is 5.78 Å². The van der Waals surface area contributed by atoms with Crippen LogP contribution < -0.4 is 5.46 Å². The van der Waals surface area contributed by atoms with Crippen molar-refractivity contribution in [2.24, 2.45) is 5.41 Å². The monoisotopic (exact) mass is 288 g/mol. The van der Waals surface area contributed by atoms with Crippen molar-refractivity contribution in [1.82, 2.24) is 0 Å². The first kappa shape index (κ1) is 16.2. The second kappa shape index (κ2) is 4.96. The zero-order valence-electron chi connectivity index (χ0n) is 14.1. The summed E-state index contributed by atoms with van der Waals surface area (Å²) < 4.78 is 12.2. The molecule has 1 aromatic carbocycles. The Morgan fingerprint density at radius 1 is 1.00 bits per heavy atom. The van der Waals surface area contributed by atoms with E-state index >= 15 is 0 Å². The van der Waals surface area contributed by atoms with Crippen molar-refractivity contribution in [1.29, 1.82) is 0 Å². The number of hydrogen-bond donors (Lipinski definition) is 0. The summed E-state index contributed by atoms with van der Waals surface area (Å²) in [7, 11) is -0.502. The van der Waals surface area contributed by atoms with Crippen LogP contribution >= 0.6 is 0 Å². The highest BCUT2D eigenvalue weighted by atomic mass is 16.7. The zero-order valence-corrected chi connectivity index (χ0v) is 14.1. The average molecular weight is 288 g/mol. The molecule has 1 fully saturated rings. The first-order chi connectivity index (χ1) is 9.46. The molecule has 0 aromatic heterocycles. The van der Waals surface area contributed by atoms with Gasteiger partial charge in [-0.25, -0.2) is 0 Å². The second-order valence-electron chi connectivity index (χ2n) is 7.75. The van der Waals surface area contributed by atoms with Gasteiger partial charge in [0.05, 0.1) is 11.2 Å². The molecule has 2 rings (SSSR count). The van der Waals surface area contributed by atoms with Gasteiger partial charge < -0.3 is 9.31 Å². The fourth-order valence-corrected chi connectivity index (χ4v) is 2.28. The van der Waals surface area contributed by atoms with Crippen LogP contribution in [0.15, 0.2) is 24.3 Å². The van der Waals surface area contributed by atoms with Gasteiger partial charge in [0.25, 0.3) is 0 Å². The Labute approximate surface area is 128 Å². The molecular weight excluding hydrogens is 263 g/mol. The van der Waals surface area contributed by atoms with Crippen molar-refractivity contribution < 1.29 is 14.1 Å². The van der Waals surface area contributed by atoms with E-state index in [1.165, 1.54) is 0 Å². The van der Waals surface area contributed by atoms with E-state index in [9.17, 15) is 4.79 Å². The summed E-state index contributed by atoms with van der Waals surface area (Å²) >= 11 is 0. The Bertz CT molecular complexity index is 539. The van der Waals surface area contributed by atoms with Crippen molar-refractivity contribution >= 4 is 18.4 Å². The number of hydrogen-bond acceptors (Lipinski definition) is 3. The molecule has 3 nitrogen and oxygen atoms in total. The lowest BCUT2D eigenvalue weighted by Crippen LogP contribution is -2.41. The van der Waals surface area contributed by atoms with Crippen LogP contribution in [-0.4, -0.2) is 24.1 Å². The summed E-state index contributed by atoms with van der Waals surface area (Å²) in [5.41, 5.74) is 0.254. The van der Waals surface area contributed by atoms with E-state index in [1.54, 1.807) is 0 Å². The summed E-state index contributed by atoms with van der Waals surface area (Å²) in [5.74, 6) is 0.104. The molecule has 0 saturated carbocycles. The molecule has 21 heavy (non-hydrogen) atoms. The smallest absolute Gasteiger partial charge is 0.399 e. The molecule has 114 valence electrons. The largest absolute Gasteiger partial charge is 0.495 e. The van der Waals surface area contributed by atoms with Crippen molar-refractivity contribution in [2.45, 2.75) is 59.7 Å². The average Bonchev–Trinajstić information content (AvgIpc) is 2.56. The van der Waals surface area contributed by atoms with Gasteiger partial charge in [-0.15, -0.1) is 0 Å². The second-order valence-corrected chi connectivity index (χ2v) is 7.75. The standard InChI is InChI=1S/C17H25BO3/c1-15(2,3)14(19)12-10-8-9-11-13(12)18-20-16(4,5)17(6,7)21-18/h8-11H,1-7H3. The SMILES string of the molecule is CC(C)(C)C(=O)c1ccccc1B1OC(C)(C)C(C)(C)O1. The molecule has 1 aliphatic heterocycles. The molecule has 0 aliphatic carbocycles. The molecule has 1 aliphatic rings. The molecular formula is C17H25BO3. The van der Waals surface area contributed by atoms with Crippen LogP contribution in [-0.2, 0) is 9.31 Å². The Morgan fingerprint density at radius 3 is 1.95 bits per heavy atom. The molecule has 4 heteroatoms. The first-order valence-electron chi connectivity index (χ1n) is 7.45. The highest BCUT2D eigenvalue weighted by molar-refractivity contribution is 6.63. The van der Waals surface area contributed by atoms with Crippen molar-refractivity contribution in [2.75, 3.05) is 0 Å². The Balaban J connectivity index is 2.42. The number of carbonyl (C=O) groups excluding carboxylic acids is 1. The van der Waals surface area contributed by atoms with Gasteiger partial charge in [0.1, 0.15) is 0 Å². The zero-order chi connectivity index (χ0) is 16.1. The molecule has 0 spiro atoms. The van der Waals surface area contributed by atoms with Crippen molar-refractivity contribution in [3.8, 4) is 0 Å². The summed E-state index contributed by atoms with van der Waals surface area (Å²) in [6.45, 7) is 13.8. The Kier molecular flexibility index (Phi) is 3.84. The van der Waals surface area contributed by atoms with Gasteiger partial charge in [0.2, 0.25) is 0 Å². The summed E-state index contributed by atoms with van der Waals surface area (Å²) in [4.78, 5) is 12.7. The quantitative estimate of drug-likeness (QED) is 0.619. The Hall–Kier alpha value is -1.13. The number of Topliss-reactive ketones (excluding diaryl/α,β-unsaturated/α-hetero) is 1. The lowest BCUT2D eigenvalue weighted by Gasteiger charge is -2.32. The van der Waals surface area contributed by atoms with E-state index in [2.05, 4.69) is 0 Å². The molecule has 1 heterocycles. The summed E-state index contributed by atoms with van der Waals surface area (Å²) in [6.07, 6.45) is 0. The molecule has 0 bridgehead atoms.